The SMILES string of the molecule is Cc1ccc(C(C)C=Cc2c(O)n(-c3ccc(Oc4ccccc4)cc3)c(=S)[nH]c2=O)o1. The van der Waals surface area contributed by atoms with Gasteiger partial charge in [0.05, 0.1) is 5.69 Å². The van der Waals surface area contributed by atoms with Gasteiger partial charge in [0.1, 0.15) is 28.6 Å². The number of H-pyrrole nitrogens is 1. The summed E-state index contributed by atoms with van der Waals surface area (Å²) in [7, 11) is 0. The molecule has 0 bridgehead atoms. The van der Waals surface area contributed by atoms with Gasteiger partial charge in [-0.3, -0.25) is 14.3 Å². The minimum atomic E-state index is -0.466. The van der Waals surface area contributed by atoms with Crippen LogP contribution in [0.4, 0.5) is 0 Å². The molecular formula is C25H22N2O4S. The van der Waals surface area contributed by atoms with Gasteiger partial charge in [-0.05, 0) is 73.7 Å². The molecule has 0 aliphatic heterocycles. The largest absolute Gasteiger partial charge is 0.494 e. The Balaban J connectivity index is 1.64. The van der Waals surface area contributed by atoms with Crippen LogP contribution in [0, 0.1) is 11.7 Å². The number of ether oxygens (including phenoxy) is 1. The van der Waals surface area contributed by atoms with Crippen LogP contribution in [0.5, 0.6) is 17.4 Å². The van der Waals surface area contributed by atoms with Gasteiger partial charge in [0.25, 0.3) is 5.56 Å². The van der Waals surface area contributed by atoms with E-state index >= 15 is 0 Å². The zero-order chi connectivity index (χ0) is 22.7. The van der Waals surface area contributed by atoms with Gasteiger partial charge in [0.2, 0.25) is 5.88 Å². The van der Waals surface area contributed by atoms with Crippen molar-refractivity contribution in [3.05, 3.63) is 105 Å². The van der Waals surface area contributed by atoms with E-state index in [4.69, 9.17) is 21.4 Å². The highest BCUT2D eigenvalue weighted by Gasteiger charge is 2.13. The van der Waals surface area contributed by atoms with Crippen molar-refractivity contribution >= 4 is 18.3 Å². The molecule has 7 heteroatoms. The highest BCUT2D eigenvalue weighted by Crippen LogP contribution is 2.26. The number of nitrogens with zero attached hydrogens (tertiary/aromatic N) is 1. The summed E-state index contributed by atoms with van der Waals surface area (Å²) < 4.78 is 12.9. The average molecular weight is 447 g/mol. The summed E-state index contributed by atoms with van der Waals surface area (Å²) in [5.41, 5.74) is 0.235. The Hall–Kier alpha value is -3.84. The van der Waals surface area contributed by atoms with Crippen molar-refractivity contribution in [3.8, 4) is 23.1 Å². The molecule has 4 rings (SSSR count). The second-order valence-electron chi connectivity index (χ2n) is 7.34. The van der Waals surface area contributed by atoms with E-state index in [-0.39, 0.29) is 22.1 Å². The lowest BCUT2D eigenvalue weighted by atomic mass is 10.1. The van der Waals surface area contributed by atoms with Crippen molar-refractivity contribution in [1.29, 1.82) is 0 Å². The predicted octanol–water partition coefficient (Wildman–Crippen LogP) is 6.11. The summed E-state index contributed by atoms with van der Waals surface area (Å²) >= 11 is 5.30. The van der Waals surface area contributed by atoms with Crippen molar-refractivity contribution in [1.82, 2.24) is 9.55 Å². The molecule has 2 N–H and O–H groups in total. The summed E-state index contributed by atoms with van der Waals surface area (Å²) in [6, 6.07) is 20.3. The van der Waals surface area contributed by atoms with E-state index in [1.807, 2.05) is 56.3 Å². The van der Waals surface area contributed by atoms with Gasteiger partial charge in [0, 0.05) is 5.92 Å². The number of furan rings is 1. The number of aromatic amines is 1. The monoisotopic (exact) mass is 446 g/mol. The summed E-state index contributed by atoms with van der Waals surface area (Å²) in [4.78, 5) is 15.1. The predicted molar refractivity (Wildman–Crippen MR) is 126 cm³/mol. The van der Waals surface area contributed by atoms with Crippen LogP contribution < -0.4 is 10.3 Å². The topological polar surface area (TPSA) is 80.4 Å². The van der Waals surface area contributed by atoms with Gasteiger partial charge >= 0.3 is 0 Å². The molecular weight excluding hydrogens is 424 g/mol. The number of rotatable bonds is 6. The van der Waals surface area contributed by atoms with E-state index in [0.29, 0.717) is 11.4 Å². The summed E-state index contributed by atoms with van der Waals surface area (Å²) in [5, 5.41) is 10.9. The molecule has 6 nitrogen and oxygen atoms in total. The molecule has 0 fully saturated rings. The zero-order valence-corrected chi connectivity index (χ0v) is 18.4. The Bertz CT molecular complexity index is 1370. The molecule has 0 radical (unpaired) electrons. The van der Waals surface area contributed by atoms with E-state index in [1.54, 1.807) is 36.4 Å². The molecule has 4 aromatic rings. The molecule has 0 aliphatic carbocycles. The van der Waals surface area contributed by atoms with E-state index in [1.165, 1.54) is 4.57 Å². The number of aromatic nitrogens is 2. The van der Waals surface area contributed by atoms with Crippen LogP contribution in [0.25, 0.3) is 11.8 Å². The maximum absolute atomic E-state index is 12.5. The van der Waals surface area contributed by atoms with Gasteiger partial charge in [-0.2, -0.15) is 0 Å². The number of nitrogens with one attached hydrogen (secondary N) is 1. The summed E-state index contributed by atoms with van der Waals surface area (Å²) in [6.07, 6.45) is 3.38. The third kappa shape index (κ3) is 4.58. The van der Waals surface area contributed by atoms with Crippen molar-refractivity contribution in [3.63, 3.8) is 0 Å². The molecule has 1 unspecified atom stereocenters. The maximum Gasteiger partial charge on any atom is 0.262 e. The first-order chi connectivity index (χ1) is 15.4. The van der Waals surface area contributed by atoms with Gasteiger partial charge in [-0.1, -0.05) is 31.2 Å². The molecule has 0 saturated carbocycles. The Morgan fingerprint density at radius 1 is 1.06 bits per heavy atom. The molecule has 2 aromatic heterocycles. The lowest BCUT2D eigenvalue weighted by molar-refractivity contribution is 0.431. The minimum Gasteiger partial charge on any atom is -0.494 e. The Kier molecular flexibility index (Phi) is 6.09. The highest BCUT2D eigenvalue weighted by atomic mass is 32.1. The van der Waals surface area contributed by atoms with Crippen LogP contribution in [0.1, 0.15) is 29.9 Å². The maximum atomic E-state index is 12.5. The normalized spacial score (nSPS) is 12.2. The van der Waals surface area contributed by atoms with Crippen LogP contribution in [0.2, 0.25) is 0 Å². The van der Waals surface area contributed by atoms with Crippen LogP contribution >= 0.6 is 12.2 Å². The minimum absolute atomic E-state index is 0.0754. The summed E-state index contributed by atoms with van der Waals surface area (Å²) in [6.45, 7) is 3.82. The zero-order valence-electron chi connectivity index (χ0n) is 17.6. The fourth-order valence-electron chi connectivity index (χ4n) is 3.25. The fourth-order valence-corrected chi connectivity index (χ4v) is 3.53. The van der Waals surface area contributed by atoms with E-state index < -0.39 is 5.56 Å². The number of allylic oxidation sites excluding steroid dienone is 1. The smallest absolute Gasteiger partial charge is 0.262 e. The molecule has 0 spiro atoms. The van der Waals surface area contributed by atoms with Crippen molar-refractivity contribution in [2.24, 2.45) is 0 Å². The summed E-state index contributed by atoms with van der Waals surface area (Å²) in [5.74, 6) is 2.63. The van der Waals surface area contributed by atoms with Crippen molar-refractivity contribution < 1.29 is 14.3 Å². The lowest BCUT2D eigenvalue weighted by Crippen LogP contribution is -2.16. The standard InChI is InChI=1S/C25H22N2O4S/c1-16(22-15-9-17(2)30-22)8-14-21-23(28)26-25(32)27(24(21)29)18-10-12-20(13-11-18)31-19-6-4-3-5-7-19/h3-16,29H,1-2H3,(H,26,28,32). The van der Waals surface area contributed by atoms with Gasteiger partial charge in [-0.15, -0.1) is 0 Å². The molecule has 2 aromatic carbocycles. The van der Waals surface area contributed by atoms with E-state index in [0.717, 1.165) is 17.3 Å². The number of hydrogen-bond acceptors (Lipinski definition) is 5. The quantitative estimate of drug-likeness (QED) is 0.349. The number of benzene rings is 2. The molecule has 0 saturated heterocycles. The van der Waals surface area contributed by atoms with Crippen LogP contribution in [0.15, 0.2) is 82.0 Å². The van der Waals surface area contributed by atoms with Crippen LogP contribution in [-0.2, 0) is 0 Å². The molecule has 32 heavy (non-hydrogen) atoms. The fraction of sp³-hybridized carbons (Fsp3) is 0.120. The van der Waals surface area contributed by atoms with Crippen molar-refractivity contribution in [2.75, 3.05) is 0 Å². The number of para-hydroxylation sites is 1. The Morgan fingerprint density at radius 2 is 1.75 bits per heavy atom. The third-order valence-corrected chi connectivity index (χ3v) is 5.24. The molecule has 2 heterocycles. The first kappa shape index (κ1) is 21.4. The molecule has 0 aliphatic rings. The lowest BCUT2D eigenvalue weighted by Gasteiger charge is -2.12. The second-order valence-corrected chi connectivity index (χ2v) is 7.72. The van der Waals surface area contributed by atoms with Gasteiger partial charge in [0.15, 0.2) is 4.77 Å². The first-order valence-electron chi connectivity index (χ1n) is 10.1. The highest BCUT2D eigenvalue weighted by molar-refractivity contribution is 7.71. The van der Waals surface area contributed by atoms with Crippen LogP contribution in [-0.4, -0.2) is 14.7 Å². The van der Waals surface area contributed by atoms with Crippen molar-refractivity contribution in [2.45, 2.75) is 19.8 Å². The molecule has 0 amide bonds. The second kappa shape index (κ2) is 9.11. The Morgan fingerprint density at radius 3 is 2.41 bits per heavy atom. The molecule has 162 valence electrons. The Labute approximate surface area is 190 Å². The third-order valence-electron chi connectivity index (χ3n) is 4.96. The van der Waals surface area contributed by atoms with Gasteiger partial charge < -0.3 is 14.3 Å². The van der Waals surface area contributed by atoms with E-state index in [2.05, 4.69) is 4.98 Å². The average Bonchev–Trinajstić information content (AvgIpc) is 3.21. The van der Waals surface area contributed by atoms with Gasteiger partial charge in [-0.25, -0.2) is 0 Å². The number of aryl methyl sites for hydroxylation is 1. The molecule has 1 atom stereocenters. The first-order valence-corrected chi connectivity index (χ1v) is 10.5. The number of aromatic hydroxyl groups is 1. The van der Waals surface area contributed by atoms with Crippen LogP contribution in [0.3, 0.4) is 0 Å². The number of hydrogen-bond donors (Lipinski definition) is 2. The van der Waals surface area contributed by atoms with E-state index in [9.17, 15) is 9.90 Å².